The van der Waals surface area contributed by atoms with Crippen LogP contribution in [0.25, 0.3) is 0 Å². The lowest BCUT2D eigenvalue weighted by atomic mass is 10.2. The van der Waals surface area contributed by atoms with E-state index in [0.29, 0.717) is 11.6 Å². The molecule has 2 aromatic carbocycles. The number of fused-ring (bicyclic) bond motifs is 2. The van der Waals surface area contributed by atoms with Gasteiger partial charge in [0.1, 0.15) is 4.90 Å². The lowest BCUT2D eigenvalue weighted by molar-refractivity contribution is 0.585. The summed E-state index contributed by atoms with van der Waals surface area (Å²) < 4.78 is 26.5. The largest absolute Gasteiger partial charge is 0.278 e. The molecule has 0 unspecified atom stereocenters. The van der Waals surface area contributed by atoms with Gasteiger partial charge in [-0.25, -0.2) is 17.4 Å². The van der Waals surface area contributed by atoms with E-state index in [1.165, 1.54) is 16.4 Å². The van der Waals surface area contributed by atoms with E-state index in [2.05, 4.69) is 4.98 Å². The van der Waals surface area contributed by atoms with E-state index >= 15 is 0 Å². The van der Waals surface area contributed by atoms with Gasteiger partial charge in [-0.15, -0.1) is 0 Å². The topological polar surface area (TPSA) is 55.2 Å². The summed E-state index contributed by atoms with van der Waals surface area (Å²) >= 11 is 0. The molecule has 0 spiro atoms. The van der Waals surface area contributed by atoms with Crippen molar-refractivity contribution >= 4 is 27.3 Å². The second-order valence-electron chi connectivity index (χ2n) is 4.67. The van der Waals surface area contributed by atoms with Crippen LogP contribution < -0.4 is 4.90 Å². The molecule has 6 heteroatoms. The molecule has 1 aromatic heterocycles. The molecule has 0 saturated carbocycles. The summed E-state index contributed by atoms with van der Waals surface area (Å²) in [6.07, 6.45) is 2.96. The molecule has 0 radical (unpaired) electrons. The maximum atomic E-state index is 12.6. The molecule has 2 heterocycles. The van der Waals surface area contributed by atoms with Gasteiger partial charge < -0.3 is 0 Å². The van der Waals surface area contributed by atoms with Crippen LogP contribution in [0.15, 0.2) is 71.9 Å². The summed E-state index contributed by atoms with van der Waals surface area (Å²) in [7, 11) is -3.59. The quantitative estimate of drug-likeness (QED) is 0.542. The van der Waals surface area contributed by atoms with Crippen molar-refractivity contribution in [2.75, 3.05) is 4.90 Å². The zero-order chi connectivity index (χ0) is 14.4. The molecule has 104 valence electrons. The van der Waals surface area contributed by atoms with Crippen molar-refractivity contribution in [3.8, 4) is 0 Å². The molecular weight excluding hydrogens is 286 g/mol. The molecule has 0 saturated heterocycles. The summed E-state index contributed by atoms with van der Waals surface area (Å²) in [6, 6.07) is 16.5. The Labute approximate surface area is 122 Å². The molecule has 0 fully saturated rings. The average Bonchev–Trinajstić information content (AvgIpc) is 2.99. The highest BCUT2D eigenvalue weighted by atomic mass is 32.2. The fourth-order valence-corrected chi connectivity index (χ4v) is 3.98. The Hall–Kier alpha value is -2.60. The lowest BCUT2D eigenvalue weighted by Gasteiger charge is -2.30. The Balaban J connectivity index is 2.08. The Morgan fingerprint density at radius 2 is 1.62 bits per heavy atom. The summed E-state index contributed by atoms with van der Waals surface area (Å²) in [6.45, 7) is 0. The first-order valence-electron chi connectivity index (χ1n) is 6.43. The second kappa shape index (κ2) is 4.20. The van der Waals surface area contributed by atoms with Gasteiger partial charge >= 0.3 is 0 Å². The minimum absolute atomic E-state index is 0.277. The van der Waals surface area contributed by atoms with Crippen molar-refractivity contribution in [2.24, 2.45) is 0 Å². The van der Waals surface area contributed by atoms with Gasteiger partial charge in [0.25, 0.3) is 10.0 Å². The van der Waals surface area contributed by atoms with Crippen molar-refractivity contribution in [1.29, 1.82) is 0 Å². The fraction of sp³-hybridized carbons (Fsp3) is 0. The first kappa shape index (κ1) is 12.2. The van der Waals surface area contributed by atoms with E-state index in [9.17, 15) is 8.42 Å². The normalized spacial score (nSPS) is 15.3. The Morgan fingerprint density at radius 3 is 2.43 bits per heavy atom. The van der Waals surface area contributed by atoms with E-state index < -0.39 is 10.0 Å². The van der Waals surface area contributed by atoms with Crippen LogP contribution in [0.2, 0.25) is 0 Å². The van der Waals surface area contributed by atoms with E-state index in [4.69, 9.17) is 0 Å². The molecule has 0 atom stereocenters. The summed E-state index contributed by atoms with van der Waals surface area (Å²) in [5, 5.41) is 0. The molecule has 0 amide bonds. The fourth-order valence-electron chi connectivity index (χ4n) is 2.53. The number of hydrogen-bond acceptors (Lipinski definition) is 4. The number of rotatable bonds is 1. The van der Waals surface area contributed by atoms with Crippen LogP contribution in [0.1, 0.15) is 0 Å². The highest BCUT2D eigenvalue weighted by Crippen LogP contribution is 2.42. The zero-order valence-electron chi connectivity index (χ0n) is 10.9. The van der Waals surface area contributed by atoms with E-state index in [1.807, 2.05) is 41.3 Å². The standard InChI is InChI=1S/C15H11N3O2S/c19-21(20)14-9-5-4-8-13(14)18(12-6-2-1-3-7-12)15-16-10-11-17(15)21/h1-11H. The van der Waals surface area contributed by atoms with Gasteiger partial charge in [-0.05, 0) is 24.3 Å². The van der Waals surface area contributed by atoms with Gasteiger partial charge in [0, 0.05) is 18.1 Å². The summed E-state index contributed by atoms with van der Waals surface area (Å²) in [5.41, 5.74) is 1.48. The molecule has 0 bridgehead atoms. The predicted molar refractivity (Wildman–Crippen MR) is 79.5 cm³/mol. The molecule has 0 N–H and O–H groups in total. The van der Waals surface area contributed by atoms with Gasteiger partial charge in [0.15, 0.2) is 0 Å². The molecule has 0 aliphatic carbocycles. The SMILES string of the molecule is O=S1(=O)c2ccccc2N(c2ccccc2)c2nccn21. The first-order valence-corrected chi connectivity index (χ1v) is 7.87. The third-order valence-corrected chi connectivity index (χ3v) is 5.15. The van der Waals surface area contributed by atoms with Crippen molar-refractivity contribution < 1.29 is 8.42 Å². The Kier molecular flexibility index (Phi) is 2.43. The van der Waals surface area contributed by atoms with Gasteiger partial charge in [-0.2, -0.15) is 0 Å². The van der Waals surface area contributed by atoms with E-state index in [0.717, 1.165) is 5.69 Å². The molecule has 5 nitrogen and oxygen atoms in total. The summed E-state index contributed by atoms with van der Waals surface area (Å²) in [4.78, 5) is 6.34. The zero-order valence-corrected chi connectivity index (χ0v) is 11.7. The van der Waals surface area contributed by atoms with Crippen molar-refractivity contribution in [2.45, 2.75) is 4.90 Å². The monoisotopic (exact) mass is 297 g/mol. The Bertz CT molecular complexity index is 917. The van der Waals surface area contributed by atoms with Crippen molar-refractivity contribution in [3.63, 3.8) is 0 Å². The Morgan fingerprint density at radius 1 is 0.905 bits per heavy atom. The van der Waals surface area contributed by atoms with E-state index in [-0.39, 0.29) is 4.90 Å². The molecule has 1 aliphatic rings. The van der Waals surface area contributed by atoms with Crippen LogP contribution in [0.3, 0.4) is 0 Å². The molecular formula is C15H11N3O2S. The molecule has 3 aromatic rings. The van der Waals surface area contributed by atoms with Crippen LogP contribution in [0, 0.1) is 0 Å². The minimum Gasteiger partial charge on any atom is -0.278 e. The number of nitrogens with zero attached hydrogens (tertiary/aromatic N) is 3. The maximum absolute atomic E-state index is 12.6. The number of anilines is 3. The third-order valence-electron chi connectivity index (χ3n) is 3.45. The molecule has 1 aliphatic heterocycles. The van der Waals surface area contributed by atoms with Crippen LogP contribution >= 0.6 is 0 Å². The van der Waals surface area contributed by atoms with Gasteiger partial charge in [0.2, 0.25) is 5.95 Å². The number of para-hydroxylation sites is 2. The van der Waals surface area contributed by atoms with Crippen LogP contribution in [-0.2, 0) is 10.0 Å². The number of aromatic nitrogens is 2. The minimum atomic E-state index is -3.59. The smallest absolute Gasteiger partial charge is 0.272 e. The lowest BCUT2D eigenvalue weighted by Crippen LogP contribution is -2.27. The average molecular weight is 297 g/mol. The third kappa shape index (κ3) is 1.62. The molecule has 4 rings (SSSR count). The van der Waals surface area contributed by atoms with E-state index in [1.54, 1.807) is 18.2 Å². The number of hydrogen-bond donors (Lipinski definition) is 0. The van der Waals surface area contributed by atoms with Gasteiger partial charge in [0.05, 0.1) is 5.69 Å². The van der Waals surface area contributed by atoms with Crippen LogP contribution in [0.5, 0.6) is 0 Å². The summed E-state index contributed by atoms with van der Waals surface area (Å²) in [5.74, 6) is 0.375. The van der Waals surface area contributed by atoms with Crippen LogP contribution in [0.4, 0.5) is 17.3 Å². The second-order valence-corrected chi connectivity index (χ2v) is 6.45. The van der Waals surface area contributed by atoms with Crippen LogP contribution in [-0.4, -0.2) is 17.4 Å². The van der Waals surface area contributed by atoms with Crippen molar-refractivity contribution in [3.05, 3.63) is 67.0 Å². The molecule has 21 heavy (non-hydrogen) atoms. The van der Waals surface area contributed by atoms with Gasteiger partial charge in [-0.1, -0.05) is 30.3 Å². The predicted octanol–water partition coefficient (Wildman–Crippen LogP) is 2.90. The van der Waals surface area contributed by atoms with Gasteiger partial charge in [-0.3, -0.25) is 4.90 Å². The number of imidazole rings is 1. The highest BCUT2D eigenvalue weighted by Gasteiger charge is 2.34. The van der Waals surface area contributed by atoms with Crippen molar-refractivity contribution in [1.82, 2.24) is 8.96 Å². The highest BCUT2D eigenvalue weighted by molar-refractivity contribution is 7.90. The maximum Gasteiger partial charge on any atom is 0.272 e. The first-order chi connectivity index (χ1) is 10.2. The number of benzene rings is 2.